The van der Waals surface area contributed by atoms with Gasteiger partial charge < -0.3 is 10.6 Å². The largest absolute Gasteiger partial charge is 0.367 e. The van der Waals surface area contributed by atoms with Gasteiger partial charge in [0.25, 0.3) is 0 Å². The number of aromatic nitrogens is 2. The Morgan fingerprint density at radius 2 is 2.24 bits per heavy atom. The molecule has 1 aromatic rings. The molecular formula is C11H14N4O2. The third kappa shape index (κ3) is 1.65. The summed E-state index contributed by atoms with van der Waals surface area (Å²) in [7, 11) is 0. The number of carbonyl (C=O) groups excluding carboxylic acids is 2. The van der Waals surface area contributed by atoms with Crippen LogP contribution in [-0.4, -0.2) is 33.2 Å². The molecule has 0 saturated carbocycles. The van der Waals surface area contributed by atoms with Crippen LogP contribution in [-0.2, 0) is 15.1 Å². The lowest BCUT2D eigenvalue weighted by atomic mass is 9.91. The predicted molar refractivity (Wildman–Crippen MR) is 59.5 cm³/mol. The molecule has 2 N–H and O–H groups in total. The van der Waals surface area contributed by atoms with Crippen molar-refractivity contribution in [2.45, 2.75) is 25.3 Å². The van der Waals surface area contributed by atoms with Gasteiger partial charge in [-0.25, -0.2) is 0 Å². The third-order valence-electron chi connectivity index (χ3n) is 3.16. The molecule has 6 heteroatoms. The molecule has 1 aliphatic heterocycles. The van der Waals surface area contributed by atoms with Gasteiger partial charge in [-0.05, 0) is 12.8 Å². The maximum atomic E-state index is 11.8. The van der Waals surface area contributed by atoms with E-state index in [1.165, 1.54) is 30.4 Å². The van der Waals surface area contributed by atoms with Crippen molar-refractivity contribution in [1.82, 2.24) is 14.9 Å². The van der Waals surface area contributed by atoms with Gasteiger partial charge in [0.2, 0.25) is 11.8 Å². The van der Waals surface area contributed by atoms with Crippen molar-refractivity contribution in [2.75, 3.05) is 6.54 Å². The third-order valence-corrected chi connectivity index (χ3v) is 3.16. The average molecular weight is 234 g/mol. The van der Waals surface area contributed by atoms with E-state index in [1.54, 1.807) is 0 Å². The zero-order valence-electron chi connectivity index (χ0n) is 9.59. The molecule has 1 aliphatic rings. The lowest BCUT2D eigenvalue weighted by Crippen LogP contribution is -2.53. The van der Waals surface area contributed by atoms with Crippen molar-refractivity contribution in [3.63, 3.8) is 0 Å². The van der Waals surface area contributed by atoms with Crippen LogP contribution in [0.1, 0.15) is 25.5 Å². The van der Waals surface area contributed by atoms with Crippen LogP contribution in [0, 0.1) is 0 Å². The standard InChI is InChI=1S/C11H14N4O2/c1-8(16)15-6-2-3-11(15,10(12)17)9-7-13-4-5-14-9/h4-5,7H,2-3,6H2,1H3,(H2,12,17)/t11-/m0/s1. The average Bonchev–Trinajstić information content (AvgIpc) is 2.75. The molecule has 90 valence electrons. The van der Waals surface area contributed by atoms with E-state index >= 15 is 0 Å². The predicted octanol–water partition coefficient (Wildman–Crippen LogP) is -0.200. The van der Waals surface area contributed by atoms with Crippen LogP contribution in [0.5, 0.6) is 0 Å². The fourth-order valence-corrected chi connectivity index (χ4v) is 2.41. The Morgan fingerprint density at radius 1 is 1.47 bits per heavy atom. The zero-order chi connectivity index (χ0) is 12.5. The molecular weight excluding hydrogens is 220 g/mol. The molecule has 2 rings (SSSR count). The van der Waals surface area contributed by atoms with E-state index in [-0.39, 0.29) is 5.91 Å². The summed E-state index contributed by atoms with van der Waals surface area (Å²) in [5.41, 5.74) is 4.81. The van der Waals surface area contributed by atoms with Crippen molar-refractivity contribution in [1.29, 1.82) is 0 Å². The monoisotopic (exact) mass is 234 g/mol. The molecule has 17 heavy (non-hydrogen) atoms. The summed E-state index contributed by atoms with van der Waals surface area (Å²) in [5.74, 6) is -0.724. The molecule has 0 radical (unpaired) electrons. The first kappa shape index (κ1) is 11.5. The molecule has 2 amide bonds. The topological polar surface area (TPSA) is 89.2 Å². The van der Waals surface area contributed by atoms with Crippen molar-refractivity contribution >= 4 is 11.8 Å². The Hall–Kier alpha value is -1.98. The minimum Gasteiger partial charge on any atom is -0.367 e. The van der Waals surface area contributed by atoms with Crippen LogP contribution in [0.2, 0.25) is 0 Å². The minimum atomic E-state index is -1.12. The molecule has 0 aromatic carbocycles. The van der Waals surface area contributed by atoms with E-state index in [0.717, 1.165) is 6.42 Å². The number of amides is 2. The van der Waals surface area contributed by atoms with Gasteiger partial charge in [-0.2, -0.15) is 0 Å². The number of likely N-dealkylation sites (tertiary alicyclic amines) is 1. The first-order valence-electron chi connectivity index (χ1n) is 5.43. The van der Waals surface area contributed by atoms with Crippen molar-refractivity contribution in [3.8, 4) is 0 Å². The molecule has 1 fully saturated rings. The van der Waals surface area contributed by atoms with Gasteiger partial charge in [0.15, 0.2) is 5.54 Å². The van der Waals surface area contributed by atoms with Crippen LogP contribution in [0.15, 0.2) is 18.6 Å². The van der Waals surface area contributed by atoms with E-state index in [2.05, 4.69) is 9.97 Å². The van der Waals surface area contributed by atoms with Gasteiger partial charge in [-0.15, -0.1) is 0 Å². The van der Waals surface area contributed by atoms with E-state index in [1.807, 2.05) is 0 Å². The zero-order valence-corrected chi connectivity index (χ0v) is 9.59. The summed E-state index contributed by atoms with van der Waals surface area (Å²) >= 11 is 0. The number of hydrogen-bond donors (Lipinski definition) is 1. The maximum absolute atomic E-state index is 11.8. The normalized spacial score (nSPS) is 23.7. The fourth-order valence-electron chi connectivity index (χ4n) is 2.41. The number of hydrogen-bond acceptors (Lipinski definition) is 4. The summed E-state index contributed by atoms with van der Waals surface area (Å²) in [5, 5.41) is 0. The van der Waals surface area contributed by atoms with Gasteiger partial charge in [0.05, 0.1) is 11.9 Å². The molecule has 1 atom stereocenters. The van der Waals surface area contributed by atoms with Crippen LogP contribution in [0.3, 0.4) is 0 Å². The van der Waals surface area contributed by atoms with E-state index in [4.69, 9.17) is 5.73 Å². The van der Waals surface area contributed by atoms with Crippen molar-refractivity contribution in [3.05, 3.63) is 24.3 Å². The number of primary amides is 1. The molecule has 1 saturated heterocycles. The van der Waals surface area contributed by atoms with Crippen LogP contribution in [0.4, 0.5) is 0 Å². The first-order valence-corrected chi connectivity index (χ1v) is 5.43. The van der Waals surface area contributed by atoms with Crippen LogP contribution < -0.4 is 5.73 Å². The minimum absolute atomic E-state index is 0.174. The van der Waals surface area contributed by atoms with Gasteiger partial charge in [0, 0.05) is 25.9 Å². The Morgan fingerprint density at radius 3 is 2.76 bits per heavy atom. The lowest BCUT2D eigenvalue weighted by molar-refractivity contribution is -0.142. The fraction of sp³-hybridized carbons (Fsp3) is 0.455. The summed E-state index contributed by atoms with van der Waals surface area (Å²) in [4.78, 5) is 33.0. The summed E-state index contributed by atoms with van der Waals surface area (Å²) in [6, 6.07) is 0. The molecule has 0 spiro atoms. The van der Waals surface area contributed by atoms with E-state index in [9.17, 15) is 9.59 Å². The number of rotatable bonds is 2. The van der Waals surface area contributed by atoms with E-state index < -0.39 is 11.4 Å². The Bertz CT molecular complexity index is 448. The number of carbonyl (C=O) groups is 2. The smallest absolute Gasteiger partial charge is 0.249 e. The summed E-state index contributed by atoms with van der Waals surface area (Å²) in [6.45, 7) is 1.95. The second-order valence-electron chi connectivity index (χ2n) is 4.09. The highest BCUT2D eigenvalue weighted by Crippen LogP contribution is 2.37. The molecule has 0 unspecified atom stereocenters. The molecule has 1 aromatic heterocycles. The Labute approximate surface area is 98.8 Å². The quantitative estimate of drug-likeness (QED) is 0.767. The lowest BCUT2D eigenvalue weighted by Gasteiger charge is -2.34. The first-order chi connectivity index (χ1) is 8.09. The van der Waals surface area contributed by atoms with Gasteiger partial charge in [-0.1, -0.05) is 0 Å². The summed E-state index contributed by atoms with van der Waals surface area (Å²) in [6.07, 6.45) is 5.74. The second-order valence-corrected chi connectivity index (χ2v) is 4.09. The van der Waals surface area contributed by atoms with Gasteiger partial charge in [0.1, 0.15) is 0 Å². The molecule has 2 heterocycles. The SMILES string of the molecule is CC(=O)N1CCC[C@@]1(C(N)=O)c1cnccn1. The molecule has 6 nitrogen and oxygen atoms in total. The second kappa shape index (κ2) is 4.12. The Kier molecular flexibility index (Phi) is 2.79. The highest BCUT2D eigenvalue weighted by Gasteiger charge is 2.50. The highest BCUT2D eigenvalue weighted by molar-refractivity contribution is 5.91. The summed E-state index contributed by atoms with van der Waals surface area (Å²) < 4.78 is 0. The Balaban J connectivity index is 2.54. The number of nitrogens with two attached hydrogens (primary N) is 1. The molecule has 0 bridgehead atoms. The number of nitrogens with zero attached hydrogens (tertiary/aromatic N) is 3. The van der Waals surface area contributed by atoms with E-state index in [0.29, 0.717) is 18.7 Å². The van der Waals surface area contributed by atoms with Crippen molar-refractivity contribution < 1.29 is 9.59 Å². The maximum Gasteiger partial charge on any atom is 0.249 e. The van der Waals surface area contributed by atoms with Gasteiger partial charge in [-0.3, -0.25) is 19.6 Å². The van der Waals surface area contributed by atoms with Crippen LogP contribution >= 0.6 is 0 Å². The van der Waals surface area contributed by atoms with Crippen LogP contribution in [0.25, 0.3) is 0 Å². The van der Waals surface area contributed by atoms with Crippen molar-refractivity contribution in [2.24, 2.45) is 5.73 Å². The highest BCUT2D eigenvalue weighted by atomic mass is 16.2. The van der Waals surface area contributed by atoms with Gasteiger partial charge >= 0.3 is 0 Å². The molecule has 0 aliphatic carbocycles.